The highest BCUT2D eigenvalue weighted by atomic mass is 16.4. The fourth-order valence-corrected chi connectivity index (χ4v) is 3.49. The van der Waals surface area contributed by atoms with E-state index < -0.39 is 5.97 Å². The van der Waals surface area contributed by atoms with Crippen LogP contribution in [0.2, 0.25) is 0 Å². The van der Waals surface area contributed by atoms with Gasteiger partial charge in [-0.2, -0.15) is 0 Å². The summed E-state index contributed by atoms with van der Waals surface area (Å²) in [6.45, 7) is 8.89. The zero-order chi connectivity index (χ0) is 17.4. The van der Waals surface area contributed by atoms with Gasteiger partial charge in [-0.3, -0.25) is 0 Å². The largest absolute Gasteiger partial charge is 0.507 e. The third-order valence-electron chi connectivity index (χ3n) is 4.45. The Morgan fingerprint density at radius 1 is 1.13 bits per heavy atom. The molecule has 0 aliphatic carbocycles. The van der Waals surface area contributed by atoms with Crippen LogP contribution in [0.3, 0.4) is 0 Å². The van der Waals surface area contributed by atoms with Gasteiger partial charge in [0.2, 0.25) is 0 Å². The van der Waals surface area contributed by atoms with Gasteiger partial charge in [0.1, 0.15) is 11.3 Å². The van der Waals surface area contributed by atoms with E-state index in [4.69, 9.17) is 0 Å². The molecule has 2 N–H and O–H groups in total. The predicted molar refractivity (Wildman–Crippen MR) is 95.2 cm³/mol. The van der Waals surface area contributed by atoms with E-state index in [2.05, 4.69) is 27.7 Å². The second kappa shape index (κ2) is 9.59. The van der Waals surface area contributed by atoms with Crippen LogP contribution in [0.15, 0.2) is 18.2 Å². The SMILES string of the molecule is CCCCCC(CC(C)CC(C)C)c1cccc(C(=O)O)c1O. The van der Waals surface area contributed by atoms with Crippen LogP contribution in [0.5, 0.6) is 5.75 Å². The summed E-state index contributed by atoms with van der Waals surface area (Å²) < 4.78 is 0. The molecular weight excluding hydrogens is 288 g/mol. The monoisotopic (exact) mass is 320 g/mol. The van der Waals surface area contributed by atoms with Crippen molar-refractivity contribution in [1.29, 1.82) is 0 Å². The second-order valence-corrected chi connectivity index (χ2v) is 7.21. The molecule has 23 heavy (non-hydrogen) atoms. The van der Waals surface area contributed by atoms with Crippen LogP contribution >= 0.6 is 0 Å². The summed E-state index contributed by atoms with van der Waals surface area (Å²) in [5.74, 6) is 0.342. The van der Waals surface area contributed by atoms with E-state index in [1.54, 1.807) is 6.07 Å². The van der Waals surface area contributed by atoms with Gasteiger partial charge in [-0.15, -0.1) is 0 Å². The van der Waals surface area contributed by atoms with E-state index in [-0.39, 0.29) is 17.2 Å². The van der Waals surface area contributed by atoms with Gasteiger partial charge in [-0.25, -0.2) is 4.79 Å². The van der Waals surface area contributed by atoms with Gasteiger partial charge in [-0.05, 0) is 48.6 Å². The number of carbonyl (C=O) groups is 1. The molecule has 130 valence electrons. The molecule has 0 amide bonds. The number of benzene rings is 1. The van der Waals surface area contributed by atoms with Crippen molar-refractivity contribution in [3.63, 3.8) is 0 Å². The number of aromatic carboxylic acids is 1. The standard InChI is InChI=1S/C20H32O3/c1-5-6-7-9-16(13-15(4)12-14(2)3)17-10-8-11-18(19(17)21)20(22)23/h8,10-11,14-16,21H,5-7,9,12-13H2,1-4H3,(H,22,23). The molecule has 0 aliphatic rings. The Balaban J connectivity index is 2.98. The molecule has 0 spiro atoms. The maximum absolute atomic E-state index is 11.3. The number of unbranched alkanes of at least 4 members (excludes halogenated alkanes) is 2. The van der Waals surface area contributed by atoms with Gasteiger partial charge in [0.25, 0.3) is 0 Å². The van der Waals surface area contributed by atoms with Crippen LogP contribution in [-0.2, 0) is 0 Å². The molecule has 0 saturated carbocycles. The quantitative estimate of drug-likeness (QED) is 0.533. The molecule has 0 aromatic heterocycles. The Bertz CT molecular complexity index is 494. The van der Waals surface area contributed by atoms with Crippen molar-refractivity contribution in [3.8, 4) is 5.75 Å². The lowest BCUT2D eigenvalue weighted by Gasteiger charge is -2.24. The number of para-hydroxylation sites is 1. The lowest BCUT2D eigenvalue weighted by atomic mass is 9.82. The van der Waals surface area contributed by atoms with E-state index in [1.165, 1.54) is 12.5 Å². The van der Waals surface area contributed by atoms with E-state index >= 15 is 0 Å². The summed E-state index contributed by atoms with van der Waals surface area (Å²) in [5.41, 5.74) is 0.816. The van der Waals surface area contributed by atoms with Crippen molar-refractivity contribution < 1.29 is 15.0 Å². The Labute approximate surface area is 140 Å². The van der Waals surface area contributed by atoms with Crippen LogP contribution in [0.4, 0.5) is 0 Å². The average molecular weight is 320 g/mol. The smallest absolute Gasteiger partial charge is 0.339 e. The van der Waals surface area contributed by atoms with E-state index in [0.29, 0.717) is 11.8 Å². The highest BCUT2D eigenvalue weighted by molar-refractivity contribution is 5.91. The number of carboxylic acids is 1. The molecule has 0 saturated heterocycles. The molecule has 1 aromatic rings. The number of hydrogen-bond acceptors (Lipinski definition) is 2. The molecule has 0 aliphatic heterocycles. The number of rotatable bonds is 10. The Morgan fingerprint density at radius 2 is 1.83 bits per heavy atom. The van der Waals surface area contributed by atoms with E-state index in [1.807, 2.05) is 6.07 Å². The molecule has 2 unspecified atom stereocenters. The maximum Gasteiger partial charge on any atom is 0.339 e. The zero-order valence-corrected chi connectivity index (χ0v) is 15.0. The predicted octanol–water partition coefficient (Wildman–Crippen LogP) is 5.83. The van der Waals surface area contributed by atoms with Crippen molar-refractivity contribution in [3.05, 3.63) is 29.3 Å². The molecular formula is C20H32O3. The molecule has 3 nitrogen and oxygen atoms in total. The topological polar surface area (TPSA) is 57.5 Å². The summed E-state index contributed by atoms with van der Waals surface area (Å²) in [5, 5.41) is 19.6. The normalized spacial score (nSPS) is 14.0. The third kappa shape index (κ3) is 6.25. The number of aromatic hydroxyl groups is 1. The summed E-state index contributed by atoms with van der Waals surface area (Å²) >= 11 is 0. The van der Waals surface area contributed by atoms with Crippen molar-refractivity contribution in [2.24, 2.45) is 11.8 Å². The number of hydrogen-bond donors (Lipinski definition) is 2. The molecule has 1 aromatic carbocycles. The third-order valence-corrected chi connectivity index (χ3v) is 4.45. The van der Waals surface area contributed by atoms with Crippen molar-refractivity contribution in [2.75, 3.05) is 0 Å². The van der Waals surface area contributed by atoms with E-state index in [9.17, 15) is 15.0 Å². The van der Waals surface area contributed by atoms with E-state index in [0.717, 1.165) is 37.7 Å². The minimum Gasteiger partial charge on any atom is -0.507 e. The van der Waals surface area contributed by atoms with Gasteiger partial charge in [0.05, 0.1) is 0 Å². The van der Waals surface area contributed by atoms with Gasteiger partial charge >= 0.3 is 5.97 Å². The first-order valence-corrected chi connectivity index (χ1v) is 8.91. The first kappa shape index (κ1) is 19.5. The zero-order valence-electron chi connectivity index (χ0n) is 15.0. The van der Waals surface area contributed by atoms with Crippen molar-refractivity contribution in [2.45, 2.75) is 72.1 Å². The van der Waals surface area contributed by atoms with Crippen molar-refractivity contribution in [1.82, 2.24) is 0 Å². The molecule has 1 rings (SSSR count). The number of phenols is 1. The first-order valence-electron chi connectivity index (χ1n) is 8.91. The van der Waals surface area contributed by atoms with Gasteiger partial charge < -0.3 is 10.2 Å². The summed E-state index contributed by atoms with van der Waals surface area (Å²) in [4.78, 5) is 11.3. The first-order chi connectivity index (χ1) is 10.9. The van der Waals surface area contributed by atoms with Crippen LogP contribution in [-0.4, -0.2) is 16.2 Å². The summed E-state index contributed by atoms with van der Waals surface area (Å²) in [6, 6.07) is 5.11. The van der Waals surface area contributed by atoms with Crippen LogP contribution < -0.4 is 0 Å². The molecule has 2 atom stereocenters. The molecule has 0 fully saturated rings. The lowest BCUT2D eigenvalue weighted by Crippen LogP contribution is -2.09. The minimum atomic E-state index is -1.06. The Morgan fingerprint density at radius 3 is 2.39 bits per heavy atom. The van der Waals surface area contributed by atoms with Gasteiger partial charge in [-0.1, -0.05) is 59.1 Å². The maximum atomic E-state index is 11.3. The second-order valence-electron chi connectivity index (χ2n) is 7.21. The van der Waals surface area contributed by atoms with Crippen molar-refractivity contribution >= 4 is 5.97 Å². The fourth-order valence-electron chi connectivity index (χ4n) is 3.49. The fraction of sp³-hybridized carbons (Fsp3) is 0.650. The van der Waals surface area contributed by atoms with Crippen LogP contribution in [0.1, 0.15) is 88.1 Å². The van der Waals surface area contributed by atoms with Crippen LogP contribution in [0, 0.1) is 11.8 Å². The van der Waals surface area contributed by atoms with Gasteiger partial charge in [0, 0.05) is 0 Å². The molecule has 3 heteroatoms. The van der Waals surface area contributed by atoms with Gasteiger partial charge in [0.15, 0.2) is 0 Å². The highest BCUT2D eigenvalue weighted by Crippen LogP contribution is 2.37. The molecule has 0 radical (unpaired) electrons. The minimum absolute atomic E-state index is 0.0134. The average Bonchev–Trinajstić information content (AvgIpc) is 2.45. The number of carboxylic acid groups (broad SMARTS) is 1. The summed E-state index contributed by atoms with van der Waals surface area (Å²) in [6.07, 6.45) is 6.62. The molecule has 0 bridgehead atoms. The van der Waals surface area contributed by atoms with Crippen LogP contribution in [0.25, 0.3) is 0 Å². The highest BCUT2D eigenvalue weighted by Gasteiger charge is 2.22. The Hall–Kier alpha value is -1.51. The molecule has 0 heterocycles. The lowest BCUT2D eigenvalue weighted by molar-refractivity contribution is 0.0693. The Kier molecular flexibility index (Phi) is 8.15. The summed E-state index contributed by atoms with van der Waals surface area (Å²) in [7, 11) is 0.